The Balaban J connectivity index is 2.16. The molecule has 1 aliphatic rings. The molecule has 1 heterocycles. The first-order valence-corrected chi connectivity index (χ1v) is 6.84. The third-order valence-corrected chi connectivity index (χ3v) is 3.22. The zero-order valence-corrected chi connectivity index (χ0v) is 11.8. The van der Waals surface area contributed by atoms with E-state index >= 15 is 0 Å². The molecule has 1 fully saturated rings. The second-order valence-electron chi connectivity index (χ2n) is 4.92. The van der Waals surface area contributed by atoms with Gasteiger partial charge in [-0.05, 0) is 25.0 Å². The van der Waals surface area contributed by atoms with E-state index in [0.29, 0.717) is 19.4 Å². The second-order valence-corrected chi connectivity index (χ2v) is 4.92. The van der Waals surface area contributed by atoms with Crippen LogP contribution in [0.3, 0.4) is 0 Å². The van der Waals surface area contributed by atoms with Gasteiger partial charge in [-0.25, -0.2) is 0 Å². The molecule has 0 aromatic heterocycles. The zero-order chi connectivity index (χ0) is 17.0. The lowest BCUT2D eigenvalue weighted by atomic mass is 10.1. The van der Waals surface area contributed by atoms with Crippen LogP contribution in [0.5, 0.6) is 5.75 Å². The van der Waals surface area contributed by atoms with Crippen LogP contribution in [0.15, 0.2) is 24.3 Å². The van der Waals surface area contributed by atoms with Crippen LogP contribution in [-0.4, -0.2) is 36.9 Å². The molecule has 126 valence electrons. The number of rotatable bonds is 5. The average Bonchev–Trinajstić information content (AvgIpc) is 2.49. The molecule has 1 aliphatic heterocycles. The molecule has 0 saturated carbocycles. The summed E-state index contributed by atoms with van der Waals surface area (Å²) in [6.07, 6.45) is -7.72. The van der Waals surface area contributed by atoms with Gasteiger partial charge < -0.3 is 15.4 Å². The first-order valence-electron chi connectivity index (χ1n) is 6.84. The molecule has 0 radical (unpaired) electrons. The predicted molar refractivity (Wildman–Crippen MR) is 71.5 cm³/mol. The molecule has 2 amide bonds. The number of alkyl halides is 4. The molecular weight excluding hydrogens is 320 g/mol. The van der Waals surface area contributed by atoms with E-state index in [9.17, 15) is 27.2 Å². The molecule has 2 N–H and O–H groups in total. The van der Waals surface area contributed by atoms with Gasteiger partial charge in [0.2, 0.25) is 5.91 Å². The summed E-state index contributed by atoms with van der Waals surface area (Å²) in [5.74, 6) is -1.93. The number of hydrogen-bond acceptors (Lipinski definition) is 3. The summed E-state index contributed by atoms with van der Waals surface area (Å²) in [6, 6.07) is 3.95. The highest BCUT2D eigenvalue weighted by atomic mass is 19.3. The summed E-state index contributed by atoms with van der Waals surface area (Å²) >= 11 is 0. The molecule has 9 heteroatoms. The Bertz CT molecular complexity index is 595. The van der Waals surface area contributed by atoms with Crippen molar-refractivity contribution in [1.29, 1.82) is 0 Å². The third kappa shape index (κ3) is 4.11. The van der Waals surface area contributed by atoms with Gasteiger partial charge in [-0.1, -0.05) is 12.1 Å². The number of amides is 2. The summed E-state index contributed by atoms with van der Waals surface area (Å²) < 4.78 is 54.5. The summed E-state index contributed by atoms with van der Waals surface area (Å²) in [4.78, 5) is 23.7. The van der Waals surface area contributed by atoms with Crippen LogP contribution < -0.4 is 15.4 Å². The van der Waals surface area contributed by atoms with Crippen molar-refractivity contribution in [2.24, 2.45) is 0 Å². The minimum Gasteiger partial charge on any atom is -0.427 e. The van der Waals surface area contributed by atoms with E-state index in [1.165, 1.54) is 12.1 Å². The highest BCUT2D eigenvalue weighted by molar-refractivity contribution is 5.99. The first kappa shape index (κ1) is 17.0. The van der Waals surface area contributed by atoms with Crippen molar-refractivity contribution in [3.8, 4) is 5.75 Å². The first-order chi connectivity index (χ1) is 10.8. The van der Waals surface area contributed by atoms with Crippen molar-refractivity contribution < 1.29 is 31.9 Å². The number of nitrogens with one attached hydrogen (secondary N) is 2. The van der Waals surface area contributed by atoms with Crippen molar-refractivity contribution in [3.05, 3.63) is 29.8 Å². The summed E-state index contributed by atoms with van der Waals surface area (Å²) in [5.41, 5.74) is -0.355. The number of hydrogen-bond donors (Lipinski definition) is 2. The molecule has 1 unspecified atom stereocenters. The average molecular weight is 334 g/mol. The Morgan fingerprint density at radius 2 is 2.04 bits per heavy atom. The molecule has 23 heavy (non-hydrogen) atoms. The van der Waals surface area contributed by atoms with E-state index in [-0.39, 0.29) is 11.5 Å². The van der Waals surface area contributed by atoms with Crippen LogP contribution in [0.25, 0.3) is 0 Å². The lowest BCUT2D eigenvalue weighted by Crippen LogP contribution is -2.50. The Morgan fingerprint density at radius 1 is 1.35 bits per heavy atom. The maximum Gasteiger partial charge on any atom is 0.461 e. The summed E-state index contributed by atoms with van der Waals surface area (Å²) in [7, 11) is 0. The van der Waals surface area contributed by atoms with Crippen molar-refractivity contribution in [1.82, 2.24) is 10.6 Å². The van der Waals surface area contributed by atoms with E-state index in [2.05, 4.69) is 15.4 Å². The van der Waals surface area contributed by atoms with E-state index in [4.69, 9.17) is 0 Å². The molecule has 5 nitrogen and oxygen atoms in total. The van der Waals surface area contributed by atoms with Crippen LogP contribution in [0.4, 0.5) is 17.6 Å². The quantitative estimate of drug-likeness (QED) is 0.809. The number of para-hydroxylation sites is 1. The molecular formula is C14H14F4N2O3. The van der Waals surface area contributed by atoms with Gasteiger partial charge in [0.05, 0.1) is 5.56 Å². The van der Waals surface area contributed by atoms with Gasteiger partial charge >= 0.3 is 12.5 Å². The Hall–Kier alpha value is -2.32. The fourth-order valence-corrected chi connectivity index (χ4v) is 2.08. The van der Waals surface area contributed by atoms with Gasteiger partial charge in [0.1, 0.15) is 11.8 Å². The smallest absolute Gasteiger partial charge is 0.427 e. The van der Waals surface area contributed by atoms with Crippen molar-refractivity contribution in [2.45, 2.75) is 31.4 Å². The van der Waals surface area contributed by atoms with Crippen LogP contribution in [0, 0.1) is 0 Å². The van der Waals surface area contributed by atoms with E-state index in [1.54, 1.807) is 0 Å². The van der Waals surface area contributed by atoms with Crippen molar-refractivity contribution in [3.63, 3.8) is 0 Å². The van der Waals surface area contributed by atoms with Crippen molar-refractivity contribution >= 4 is 11.8 Å². The normalized spacial score (nSPS) is 18.5. The van der Waals surface area contributed by atoms with Gasteiger partial charge in [-0.3, -0.25) is 9.59 Å². The highest BCUT2D eigenvalue weighted by Crippen LogP contribution is 2.29. The van der Waals surface area contributed by atoms with Gasteiger partial charge in [0, 0.05) is 6.54 Å². The molecule has 1 aromatic carbocycles. The molecule has 0 aliphatic carbocycles. The largest absolute Gasteiger partial charge is 0.461 e. The van der Waals surface area contributed by atoms with Gasteiger partial charge in [0.15, 0.2) is 0 Å². The standard InChI is InChI=1S/C14H14F4N2O3/c15-13(16)14(17,18)23-10-6-2-1-4-8(10)11(21)20-9-5-3-7-19-12(9)22/h1-2,4,6,9,13H,3,5,7H2,(H,19,22)(H,20,21). The molecule has 0 bridgehead atoms. The third-order valence-electron chi connectivity index (χ3n) is 3.22. The highest BCUT2D eigenvalue weighted by Gasteiger charge is 2.44. The Labute approximate surface area is 129 Å². The maximum absolute atomic E-state index is 13.0. The predicted octanol–water partition coefficient (Wildman–Crippen LogP) is 1.93. The fourth-order valence-electron chi connectivity index (χ4n) is 2.08. The molecule has 1 saturated heterocycles. The van der Waals surface area contributed by atoms with E-state index in [0.717, 1.165) is 12.1 Å². The molecule has 1 aromatic rings. The number of halogens is 4. The van der Waals surface area contributed by atoms with Crippen LogP contribution >= 0.6 is 0 Å². The number of piperidine rings is 1. The maximum atomic E-state index is 13.0. The van der Waals surface area contributed by atoms with Gasteiger partial charge in [-0.15, -0.1) is 0 Å². The molecule has 2 rings (SSSR count). The van der Waals surface area contributed by atoms with Crippen LogP contribution in [0.2, 0.25) is 0 Å². The van der Waals surface area contributed by atoms with E-state index in [1.807, 2.05) is 0 Å². The van der Waals surface area contributed by atoms with Gasteiger partial charge in [-0.2, -0.15) is 17.6 Å². The Kier molecular flexibility index (Phi) is 5.07. The Morgan fingerprint density at radius 3 is 2.70 bits per heavy atom. The summed E-state index contributed by atoms with van der Waals surface area (Å²) in [5, 5.41) is 4.93. The minimum atomic E-state index is -4.72. The molecule has 0 spiro atoms. The van der Waals surface area contributed by atoms with E-state index < -0.39 is 30.2 Å². The molecule has 1 atom stereocenters. The van der Waals surface area contributed by atoms with Crippen LogP contribution in [0.1, 0.15) is 23.2 Å². The number of carbonyl (C=O) groups excluding carboxylic acids is 2. The SMILES string of the molecule is O=C(NC1CCCNC1=O)c1ccccc1OC(F)(F)C(F)F. The number of carbonyl (C=O) groups is 2. The zero-order valence-electron chi connectivity index (χ0n) is 11.8. The van der Waals surface area contributed by atoms with Crippen LogP contribution in [-0.2, 0) is 4.79 Å². The minimum absolute atomic E-state index is 0.355. The number of benzene rings is 1. The second kappa shape index (κ2) is 6.84. The monoisotopic (exact) mass is 334 g/mol. The fraction of sp³-hybridized carbons (Fsp3) is 0.429. The topological polar surface area (TPSA) is 67.4 Å². The van der Waals surface area contributed by atoms with Gasteiger partial charge in [0.25, 0.3) is 5.91 Å². The number of ether oxygens (including phenoxy) is 1. The summed E-state index contributed by atoms with van der Waals surface area (Å²) in [6.45, 7) is 0.492. The van der Waals surface area contributed by atoms with Crippen molar-refractivity contribution in [2.75, 3.05) is 6.54 Å². The lowest BCUT2D eigenvalue weighted by Gasteiger charge is -2.23. The lowest BCUT2D eigenvalue weighted by molar-refractivity contribution is -0.253.